The zero-order valence-electron chi connectivity index (χ0n) is 10.8. The van der Waals surface area contributed by atoms with Crippen molar-refractivity contribution in [1.82, 2.24) is 4.98 Å². The van der Waals surface area contributed by atoms with E-state index in [1.54, 1.807) is 10.8 Å². The first-order chi connectivity index (χ1) is 7.39. The van der Waals surface area contributed by atoms with Crippen molar-refractivity contribution in [2.45, 2.75) is 50.8 Å². The summed E-state index contributed by atoms with van der Waals surface area (Å²) in [6.07, 6.45) is 3.16. The third-order valence-electron chi connectivity index (χ3n) is 2.14. The number of hydrogen-bond acceptors (Lipinski definition) is 3. The standard InChI is InChI=1S/C13H21NS2/c1-10(2)8-13(4,5)16-15-12-7-6-11(3)9-14-12/h6-7,9-10H,8H2,1-5H3. The van der Waals surface area contributed by atoms with Crippen LogP contribution in [0.3, 0.4) is 0 Å². The van der Waals surface area contributed by atoms with E-state index >= 15 is 0 Å². The van der Waals surface area contributed by atoms with Gasteiger partial charge in [-0.05, 0) is 55.5 Å². The Kier molecular flexibility index (Phi) is 5.19. The van der Waals surface area contributed by atoms with Crippen LogP contribution in [0.25, 0.3) is 0 Å². The van der Waals surface area contributed by atoms with E-state index in [0.717, 1.165) is 10.9 Å². The molecule has 0 fully saturated rings. The maximum absolute atomic E-state index is 4.40. The van der Waals surface area contributed by atoms with Crippen molar-refractivity contribution >= 4 is 21.6 Å². The Balaban J connectivity index is 2.47. The number of aromatic nitrogens is 1. The van der Waals surface area contributed by atoms with Crippen LogP contribution in [0.4, 0.5) is 0 Å². The SMILES string of the molecule is Cc1ccc(SSC(C)(C)CC(C)C)nc1. The van der Waals surface area contributed by atoms with Gasteiger partial charge >= 0.3 is 0 Å². The Morgan fingerprint density at radius 1 is 1.31 bits per heavy atom. The summed E-state index contributed by atoms with van der Waals surface area (Å²) in [5, 5.41) is 1.10. The largest absolute Gasteiger partial charge is 0.249 e. The average Bonchev–Trinajstić information content (AvgIpc) is 2.15. The molecule has 1 aromatic heterocycles. The molecule has 0 atom stereocenters. The van der Waals surface area contributed by atoms with Crippen LogP contribution in [0.2, 0.25) is 0 Å². The predicted molar refractivity (Wildman–Crippen MR) is 76.0 cm³/mol. The van der Waals surface area contributed by atoms with Crippen molar-refractivity contribution in [3.05, 3.63) is 23.9 Å². The van der Waals surface area contributed by atoms with Gasteiger partial charge in [0.2, 0.25) is 0 Å². The molecule has 90 valence electrons. The molecule has 1 rings (SSSR count). The number of nitrogens with zero attached hydrogens (tertiary/aromatic N) is 1. The Morgan fingerprint density at radius 2 is 2.00 bits per heavy atom. The molecule has 1 heterocycles. The van der Waals surface area contributed by atoms with Crippen molar-refractivity contribution in [3.8, 4) is 0 Å². The second-order valence-corrected chi connectivity index (χ2v) is 8.05. The molecular weight excluding hydrogens is 234 g/mol. The summed E-state index contributed by atoms with van der Waals surface area (Å²) in [6, 6.07) is 4.21. The van der Waals surface area contributed by atoms with Gasteiger partial charge in [-0.2, -0.15) is 0 Å². The maximum Gasteiger partial charge on any atom is 0.107 e. The first-order valence-electron chi connectivity index (χ1n) is 5.67. The highest BCUT2D eigenvalue weighted by Crippen LogP contribution is 2.42. The minimum Gasteiger partial charge on any atom is -0.249 e. The van der Waals surface area contributed by atoms with Crippen molar-refractivity contribution in [2.24, 2.45) is 5.92 Å². The van der Waals surface area contributed by atoms with Gasteiger partial charge in [-0.3, -0.25) is 0 Å². The van der Waals surface area contributed by atoms with Crippen LogP contribution in [0.1, 0.15) is 39.7 Å². The molecule has 0 N–H and O–H groups in total. The van der Waals surface area contributed by atoms with Crippen molar-refractivity contribution in [3.63, 3.8) is 0 Å². The summed E-state index contributed by atoms with van der Waals surface area (Å²) in [6.45, 7) is 11.2. The Bertz CT molecular complexity index is 317. The Morgan fingerprint density at radius 3 is 2.50 bits per heavy atom. The molecule has 0 aliphatic rings. The smallest absolute Gasteiger partial charge is 0.107 e. The van der Waals surface area contributed by atoms with Gasteiger partial charge < -0.3 is 0 Å². The summed E-state index contributed by atoms with van der Waals surface area (Å²) in [7, 11) is 3.70. The molecule has 0 saturated carbocycles. The molecule has 1 nitrogen and oxygen atoms in total. The van der Waals surface area contributed by atoms with E-state index in [2.05, 4.69) is 51.7 Å². The normalized spacial score (nSPS) is 12.1. The zero-order chi connectivity index (χ0) is 12.2. The number of rotatable bonds is 5. The van der Waals surface area contributed by atoms with Crippen LogP contribution in [-0.2, 0) is 0 Å². The van der Waals surface area contributed by atoms with E-state index in [-0.39, 0.29) is 0 Å². The van der Waals surface area contributed by atoms with E-state index in [1.165, 1.54) is 12.0 Å². The molecule has 3 heteroatoms. The molecule has 0 saturated heterocycles. The fraction of sp³-hybridized carbons (Fsp3) is 0.615. The van der Waals surface area contributed by atoms with Gasteiger partial charge in [0.05, 0.1) is 0 Å². The van der Waals surface area contributed by atoms with E-state index in [1.807, 2.05) is 17.0 Å². The van der Waals surface area contributed by atoms with Crippen LogP contribution in [0.5, 0.6) is 0 Å². The fourth-order valence-corrected chi connectivity index (χ4v) is 4.04. The molecule has 0 bridgehead atoms. The summed E-state index contributed by atoms with van der Waals surface area (Å²) in [4.78, 5) is 4.40. The minimum absolute atomic E-state index is 0.311. The lowest BCUT2D eigenvalue weighted by Crippen LogP contribution is -2.16. The monoisotopic (exact) mass is 255 g/mol. The zero-order valence-corrected chi connectivity index (χ0v) is 12.4. The molecule has 0 unspecified atom stereocenters. The van der Waals surface area contributed by atoms with Crippen LogP contribution in [0, 0.1) is 12.8 Å². The van der Waals surface area contributed by atoms with Crippen molar-refractivity contribution in [2.75, 3.05) is 0 Å². The molecule has 0 aliphatic carbocycles. The third kappa shape index (κ3) is 5.26. The van der Waals surface area contributed by atoms with E-state index in [4.69, 9.17) is 0 Å². The maximum atomic E-state index is 4.40. The van der Waals surface area contributed by atoms with Crippen LogP contribution < -0.4 is 0 Å². The van der Waals surface area contributed by atoms with Gasteiger partial charge in [0, 0.05) is 10.9 Å². The summed E-state index contributed by atoms with van der Waals surface area (Å²) < 4.78 is 0.311. The molecule has 16 heavy (non-hydrogen) atoms. The summed E-state index contributed by atoms with van der Waals surface area (Å²) in [5.41, 5.74) is 1.22. The van der Waals surface area contributed by atoms with Gasteiger partial charge in [0.25, 0.3) is 0 Å². The van der Waals surface area contributed by atoms with Gasteiger partial charge in [0.1, 0.15) is 5.03 Å². The number of hydrogen-bond donors (Lipinski definition) is 0. The fourth-order valence-electron chi connectivity index (χ4n) is 1.68. The molecule has 0 aliphatic heterocycles. The topological polar surface area (TPSA) is 12.9 Å². The first-order valence-corrected chi connectivity index (χ1v) is 7.82. The Hall–Kier alpha value is -0.150. The lowest BCUT2D eigenvalue weighted by Gasteiger charge is -2.24. The third-order valence-corrected chi connectivity index (χ3v) is 5.37. The lowest BCUT2D eigenvalue weighted by atomic mass is 10.0. The molecule has 0 radical (unpaired) electrons. The molecule has 1 aromatic rings. The average molecular weight is 255 g/mol. The van der Waals surface area contributed by atoms with E-state index in [0.29, 0.717) is 4.75 Å². The van der Waals surface area contributed by atoms with Gasteiger partial charge in [0.15, 0.2) is 0 Å². The molecule has 0 spiro atoms. The minimum atomic E-state index is 0.311. The van der Waals surface area contributed by atoms with Crippen molar-refractivity contribution < 1.29 is 0 Å². The Labute approximate surface area is 107 Å². The highest BCUT2D eigenvalue weighted by Gasteiger charge is 2.20. The van der Waals surface area contributed by atoms with Crippen LogP contribution >= 0.6 is 21.6 Å². The van der Waals surface area contributed by atoms with Gasteiger partial charge in [-0.15, -0.1) is 0 Å². The quantitative estimate of drug-likeness (QED) is 0.691. The first kappa shape index (κ1) is 13.9. The molecule has 0 amide bonds. The molecule has 0 aromatic carbocycles. The summed E-state index contributed by atoms with van der Waals surface area (Å²) >= 11 is 0. The van der Waals surface area contributed by atoms with E-state index in [9.17, 15) is 0 Å². The van der Waals surface area contributed by atoms with Gasteiger partial charge in [-0.1, -0.05) is 30.7 Å². The van der Waals surface area contributed by atoms with Crippen LogP contribution in [-0.4, -0.2) is 9.73 Å². The molecular formula is C13H21NS2. The second kappa shape index (κ2) is 5.97. The summed E-state index contributed by atoms with van der Waals surface area (Å²) in [5.74, 6) is 0.745. The second-order valence-electron chi connectivity index (χ2n) is 5.20. The van der Waals surface area contributed by atoms with Gasteiger partial charge in [-0.25, -0.2) is 4.98 Å². The number of aryl methyl sites for hydroxylation is 1. The lowest BCUT2D eigenvalue weighted by molar-refractivity contribution is 0.505. The highest BCUT2D eigenvalue weighted by atomic mass is 33.1. The van der Waals surface area contributed by atoms with Crippen LogP contribution in [0.15, 0.2) is 23.4 Å². The predicted octanol–water partition coefficient (Wildman–Crippen LogP) is 4.96. The van der Waals surface area contributed by atoms with Crippen molar-refractivity contribution in [1.29, 1.82) is 0 Å². The highest BCUT2D eigenvalue weighted by molar-refractivity contribution is 8.77. The number of pyridine rings is 1. The van der Waals surface area contributed by atoms with E-state index < -0.39 is 0 Å².